The van der Waals surface area contributed by atoms with Crippen LogP contribution in [0, 0.1) is 11.8 Å². The van der Waals surface area contributed by atoms with Crippen LogP contribution in [0.4, 0.5) is 4.79 Å². The smallest absolute Gasteiger partial charge is 0.410 e. The molecule has 0 unspecified atom stereocenters. The van der Waals surface area contributed by atoms with E-state index in [4.69, 9.17) is 9.47 Å². The Balaban J connectivity index is 2.14. The number of hydrogen-bond donors (Lipinski definition) is 0. The van der Waals surface area contributed by atoms with Crippen molar-refractivity contribution >= 4 is 28.0 Å². The Hall–Kier alpha value is -1.56. The molecule has 0 radical (unpaired) electrons. The third-order valence-corrected chi connectivity index (χ3v) is 5.44. The maximum Gasteiger partial charge on any atom is 0.410 e. The fourth-order valence-corrected chi connectivity index (χ4v) is 3.82. The number of carbonyl (C=O) groups excluding carboxylic acids is 2. The molecule has 0 spiro atoms. The molecule has 29 heavy (non-hydrogen) atoms. The van der Waals surface area contributed by atoms with Crippen molar-refractivity contribution in [3.63, 3.8) is 0 Å². The molecule has 0 aromatic heterocycles. The highest BCUT2D eigenvalue weighted by molar-refractivity contribution is 9.08. The lowest BCUT2D eigenvalue weighted by molar-refractivity contribution is -0.161. The molecule has 0 saturated carbocycles. The van der Waals surface area contributed by atoms with Gasteiger partial charge in [0, 0.05) is 18.4 Å². The number of nitrogens with zero attached hydrogens (tertiary/aromatic N) is 1. The van der Waals surface area contributed by atoms with Crippen molar-refractivity contribution in [3.05, 3.63) is 35.4 Å². The van der Waals surface area contributed by atoms with Crippen molar-refractivity contribution in [2.24, 2.45) is 11.8 Å². The Labute approximate surface area is 183 Å². The molecular weight excluding hydrogens is 434 g/mol. The lowest BCUT2D eigenvalue weighted by Gasteiger charge is -2.28. The van der Waals surface area contributed by atoms with Gasteiger partial charge in [-0.1, -0.05) is 40.2 Å². The zero-order chi connectivity index (χ0) is 21.8. The summed E-state index contributed by atoms with van der Waals surface area (Å²) in [7, 11) is 0. The van der Waals surface area contributed by atoms with Crippen LogP contribution >= 0.6 is 15.9 Å². The molecule has 1 aromatic carbocycles. The number of halogens is 1. The van der Waals surface area contributed by atoms with Crippen LogP contribution in [-0.2, 0) is 26.0 Å². The van der Waals surface area contributed by atoms with Gasteiger partial charge in [0.25, 0.3) is 0 Å². The predicted octanol–water partition coefficient (Wildman–Crippen LogP) is 5.34. The predicted molar refractivity (Wildman–Crippen MR) is 118 cm³/mol. The molecule has 1 saturated heterocycles. The maximum atomic E-state index is 13.0. The second-order valence-corrected chi connectivity index (χ2v) is 10.3. The summed E-state index contributed by atoms with van der Waals surface area (Å²) >= 11 is 3.46. The molecule has 1 amide bonds. The number of likely N-dealkylation sites (tertiary alicyclic amines) is 1. The van der Waals surface area contributed by atoms with Gasteiger partial charge in [0.15, 0.2) is 0 Å². The second-order valence-electron chi connectivity index (χ2n) is 9.77. The number of benzene rings is 1. The van der Waals surface area contributed by atoms with E-state index in [-0.39, 0.29) is 23.9 Å². The van der Waals surface area contributed by atoms with Crippen LogP contribution in [0.3, 0.4) is 0 Å². The van der Waals surface area contributed by atoms with Gasteiger partial charge < -0.3 is 14.4 Å². The third kappa shape index (κ3) is 7.65. The van der Waals surface area contributed by atoms with Crippen LogP contribution in [0.5, 0.6) is 0 Å². The Kier molecular flexibility index (Phi) is 7.77. The average molecular weight is 468 g/mol. The molecule has 5 nitrogen and oxygen atoms in total. The van der Waals surface area contributed by atoms with Gasteiger partial charge in [-0.3, -0.25) is 4.79 Å². The molecule has 0 aliphatic carbocycles. The normalized spacial score (nSPS) is 18.4. The van der Waals surface area contributed by atoms with E-state index in [1.807, 2.05) is 41.5 Å². The van der Waals surface area contributed by atoms with Crippen LogP contribution < -0.4 is 0 Å². The van der Waals surface area contributed by atoms with Crippen molar-refractivity contribution in [2.45, 2.75) is 70.9 Å². The Bertz CT molecular complexity index is 703. The van der Waals surface area contributed by atoms with E-state index in [9.17, 15) is 9.59 Å². The van der Waals surface area contributed by atoms with Gasteiger partial charge in [-0.25, -0.2) is 4.79 Å². The van der Waals surface area contributed by atoms with Gasteiger partial charge in [-0.15, -0.1) is 0 Å². The van der Waals surface area contributed by atoms with Gasteiger partial charge in [-0.2, -0.15) is 0 Å². The summed E-state index contributed by atoms with van der Waals surface area (Å²) in [6.07, 6.45) is 1.05. The van der Waals surface area contributed by atoms with Crippen molar-refractivity contribution in [3.8, 4) is 0 Å². The molecule has 0 bridgehead atoms. The van der Waals surface area contributed by atoms with Crippen LogP contribution in [0.2, 0.25) is 0 Å². The lowest BCUT2D eigenvalue weighted by atomic mass is 9.86. The first-order chi connectivity index (χ1) is 13.4. The highest BCUT2D eigenvalue weighted by atomic mass is 79.9. The molecule has 1 heterocycles. The molecular formula is C23H34BrNO4. The van der Waals surface area contributed by atoms with Crippen molar-refractivity contribution in [1.82, 2.24) is 4.90 Å². The molecule has 1 aliphatic rings. The highest BCUT2D eigenvalue weighted by Crippen LogP contribution is 2.30. The summed E-state index contributed by atoms with van der Waals surface area (Å²) in [5.74, 6) is -0.442. The van der Waals surface area contributed by atoms with Gasteiger partial charge in [0.1, 0.15) is 11.2 Å². The summed E-state index contributed by atoms with van der Waals surface area (Å²) in [6.45, 7) is 12.3. The first-order valence-corrected chi connectivity index (χ1v) is 11.3. The number of amides is 1. The van der Waals surface area contributed by atoms with E-state index in [0.717, 1.165) is 17.3 Å². The topological polar surface area (TPSA) is 55.8 Å². The zero-order valence-electron chi connectivity index (χ0n) is 18.5. The number of hydrogen-bond acceptors (Lipinski definition) is 4. The molecule has 1 aliphatic heterocycles. The standard InChI is InChI=1S/C23H34BrNO4/c1-22(2,3)28-20(26)19(13-16-7-9-17(14-24)10-8-16)18-11-12-25(15-18)21(27)29-23(4,5)6/h7-10,18-19H,11-15H2,1-6H3/t18-,19-/m0/s1. The second kappa shape index (κ2) is 9.50. The minimum Gasteiger partial charge on any atom is -0.460 e. The van der Waals surface area contributed by atoms with E-state index in [2.05, 4.69) is 40.2 Å². The van der Waals surface area contributed by atoms with Gasteiger partial charge in [-0.05, 0) is 71.4 Å². The van der Waals surface area contributed by atoms with E-state index < -0.39 is 11.2 Å². The monoisotopic (exact) mass is 467 g/mol. The molecule has 0 N–H and O–H groups in total. The van der Waals surface area contributed by atoms with Gasteiger partial charge >= 0.3 is 12.1 Å². The molecule has 162 valence electrons. The third-order valence-electron chi connectivity index (χ3n) is 4.79. The number of ether oxygens (including phenoxy) is 2. The average Bonchev–Trinajstić information content (AvgIpc) is 3.07. The first kappa shape index (κ1) is 23.7. The first-order valence-electron chi connectivity index (χ1n) is 10.2. The largest absolute Gasteiger partial charge is 0.460 e. The maximum absolute atomic E-state index is 13.0. The molecule has 1 aromatic rings. The molecule has 1 fully saturated rings. The fraction of sp³-hybridized carbons (Fsp3) is 0.652. The lowest BCUT2D eigenvalue weighted by Crippen LogP contribution is -2.38. The van der Waals surface area contributed by atoms with E-state index in [0.29, 0.717) is 19.5 Å². The summed E-state index contributed by atoms with van der Waals surface area (Å²) in [5.41, 5.74) is 1.22. The van der Waals surface area contributed by atoms with Crippen molar-refractivity contribution in [2.75, 3.05) is 13.1 Å². The van der Waals surface area contributed by atoms with Crippen molar-refractivity contribution in [1.29, 1.82) is 0 Å². The summed E-state index contributed by atoms with van der Waals surface area (Å²) in [5, 5.41) is 0.802. The van der Waals surface area contributed by atoms with E-state index in [1.54, 1.807) is 4.90 Å². The summed E-state index contributed by atoms with van der Waals surface area (Å²) in [4.78, 5) is 27.2. The molecule has 2 rings (SSSR count). The molecule has 6 heteroatoms. The van der Waals surface area contributed by atoms with E-state index in [1.165, 1.54) is 5.56 Å². The van der Waals surface area contributed by atoms with Crippen LogP contribution in [0.25, 0.3) is 0 Å². The fourth-order valence-electron chi connectivity index (χ4n) is 3.45. The SMILES string of the molecule is CC(C)(C)OC(=O)[C@@H](Cc1ccc(CBr)cc1)[C@H]1CCN(C(=O)OC(C)(C)C)C1. The minimum atomic E-state index is -0.543. The Morgan fingerprint density at radius 1 is 1.03 bits per heavy atom. The number of carbonyl (C=O) groups is 2. The number of rotatable bonds is 5. The van der Waals surface area contributed by atoms with Gasteiger partial charge in [0.2, 0.25) is 0 Å². The van der Waals surface area contributed by atoms with Crippen LogP contribution in [-0.4, -0.2) is 41.3 Å². The Morgan fingerprint density at radius 3 is 2.10 bits per heavy atom. The van der Waals surface area contributed by atoms with Crippen LogP contribution in [0.15, 0.2) is 24.3 Å². The quantitative estimate of drug-likeness (QED) is 0.433. The molecule has 2 atom stereocenters. The van der Waals surface area contributed by atoms with E-state index >= 15 is 0 Å². The summed E-state index contributed by atoms with van der Waals surface area (Å²) in [6, 6.07) is 8.26. The number of esters is 1. The van der Waals surface area contributed by atoms with Crippen molar-refractivity contribution < 1.29 is 19.1 Å². The highest BCUT2D eigenvalue weighted by Gasteiger charge is 2.39. The van der Waals surface area contributed by atoms with Gasteiger partial charge in [0.05, 0.1) is 5.92 Å². The summed E-state index contributed by atoms with van der Waals surface area (Å²) < 4.78 is 11.2. The Morgan fingerprint density at radius 2 is 1.59 bits per heavy atom. The van der Waals surface area contributed by atoms with Crippen LogP contribution in [0.1, 0.15) is 59.1 Å². The zero-order valence-corrected chi connectivity index (χ0v) is 20.0. The number of alkyl halides is 1. The minimum absolute atomic E-state index is 0.0493.